The first-order chi connectivity index (χ1) is 7.08. The fourth-order valence-electron chi connectivity index (χ4n) is 1.15. The molecule has 4 heteroatoms. The predicted molar refractivity (Wildman–Crippen MR) is 58.2 cm³/mol. The summed E-state index contributed by atoms with van der Waals surface area (Å²) in [7, 11) is 0. The smallest absolute Gasteiger partial charge is 0.239 e. The topological polar surface area (TPSA) is 41.1 Å². The van der Waals surface area contributed by atoms with Gasteiger partial charge < -0.3 is 10.6 Å². The SMILES string of the molecule is CC(C)NC(=O)CNc1cccc(F)c1. The number of carbonyl (C=O) groups is 1. The molecule has 0 fully saturated rings. The van der Waals surface area contributed by atoms with E-state index in [9.17, 15) is 9.18 Å². The molecule has 3 nitrogen and oxygen atoms in total. The van der Waals surface area contributed by atoms with Crippen LogP contribution >= 0.6 is 0 Å². The average Bonchev–Trinajstić information content (AvgIpc) is 2.14. The third-order valence-corrected chi connectivity index (χ3v) is 1.73. The molecule has 0 saturated heterocycles. The van der Waals surface area contributed by atoms with Gasteiger partial charge in [-0.1, -0.05) is 6.07 Å². The Morgan fingerprint density at radius 3 is 2.80 bits per heavy atom. The third-order valence-electron chi connectivity index (χ3n) is 1.73. The molecule has 0 spiro atoms. The Morgan fingerprint density at radius 1 is 1.47 bits per heavy atom. The normalized spacial score (nSPS) is 10.1. The number of halogens is 1. The van der Waals surface area contributed by atoms with Crippen LogP contribution in [0, 0.1) is 5.82 Å². The third kappa shape index (κ3) is 4.44. The summed E-state index contributed by atoms with van der Waals surface area (Å²) < 4.78 is 12.8. The van der Waals surface area contributed by atoms with Gasteiger partial charge in [0.25, 0.3) is 0 Å². The zero-order valence-electron chi connectivity index (χ0n) is 8.88. The molecule has 1 rings (SSSR count). The van der Waals surface area contributed by atoms with Gasteiger partial charge in [-0.05, 0) is 32.0 Å². The molecule has 0 atom stereocenters. The first kappa shape index (κ1) is 11.5. The van der Waals surface area contributed by atoms with Crippen LogP contribution in [0.2, 0.25) is 0 Å². The van der Waals surface area contributed by atoms with Crippen molar-refractivity contribution in [1.29, 1.82) is 0 Å². The lowest BCUT2D eigenvalue weighted by molar-refractivity contribution is -0.119. The standard InChI is InChI=1S/C11H15FN2O/c1-8(2)14-11(15)7-13-10-5-3-4-9(12)6-10/h3-6,8,13H,7H2,1-2H3,(H,14,15). The Kier molecular flexibility index (Phi) is 4.09. The Bertz CT molecular complexity index is 339. The molecule has 0 heterocycles. The molecular formula is C11H15FN2O. The van der Waals surface area contributed by atoms with Gasteiger partial charge in [0.1, 0.15) is 5.82 Å². The van der Waals surface area contributed by atoms with E-state index in [0.29, 0.717) is 5.69 Å². The molecule has 15 heavy (non-hydrogen) atoms. The highest BCUT2D eigenvalue weighted by atomic mass is 19.1. The van der Waals surface area contributed by atoms with E-state index in [0.717, 1.165) is 0 Å². The Hall–Kier alpha value is -1.58. The Balaban J connectivity index is 2.40. The van der Waals surface area contributed by atoms with E-state index in [4.69, 9.17) is 0 Å². The van der Waals surface area contributed by atoms with Crippen molar-refractivity contribution in [2.45, 2.75) is 19.9 Å². The van der Waals surface area contributed by atoms with Gasteiger partial charge in [0, 0.05) is 11.7 Å². The Morgan fingerprint density at radius 2 is 2.20 bits per heavy atom. The van der Waals surface area contributed by atoms with Crippen LogP contribution < -0.4 is 10.6 Å². The first-order valence-electron chi connectivity index (χ1n) is 4.86. The highest BCUT2D eigenvalue weighted by Crippen LogP contribution is 2.08. The highest BCUT2D eigenvalue weighted by Gasteiger charge is 2.02. The van der Waals surface area contributed by atoms with E-state index in [-0.39, 0.29) is 24.3 Å². The summed E-state index contributed by atoms with van der Waals surface area (Å²) >= 11 is 0. The summed E-state index contributed by atoms with van der Waals surface area (Å²) in [6.45, 7) is 3.93. The molecule has 0 bridgehead atoms. The minimum Gasteiger partial charge on any atom is -0.376 e. The fraction of sp³-hybridized carbons (Fsp3) is 0.364. The van der Waals surface area contributed by atoms with Gasteiger partial charge in [-0.25, -0.2) is 4.39 Å². The van der Waals surface area contributed by atoms with Gasteiger partial charge in [-0.3, -0.25) is 4.79 Å². The predicted octanol–water partition coefficient (Wildman–Crippen LogP) is 1.76. The molecule has 0 saturated carbocycles. The van der Waals surface area contributed by atoms with Crippen molar-refractivity contribution < 1.29 is 9.18 Å². The number of carbonyl (C=O) groups excluding carboxylic acids is 1. The van der Waals surface area contributed by atoms with Crippen molar-refractivity contribution >= 4 is 11.6 Å². The van der Waals surface area contributed by atoms with Crippen molar-refractivity contribution in [2.24, 2.45) is 0 Å². The van der Waals surface area contributed by atoms with Crippen molar-refractivity contribution in [2.75, 3.05) is 11.9 Å². The largest absolute Gasteiger partial charge is 0.376 e. The number of benzene rings is 1. The maximum atomic E-state index is 12.8. The molecule has 1 aromatic carbocycles. The summed E-state index contributed by atoms with van der Waals surface area (Å²) in [5.41, 5.74) is 0.605. The van der Waals surface area contributed by atoms with E-state index in [1.807, 2.05) is 13.8 Å². The first-order valence-corrected chi connectivity index (χ1v) is 4.86. The lowest BCUT2D eigenvalue weighted by Gasteiger charge is -2.09. The molecule has 0 aliphatic rings. The van der Waals surface area contributed by atoms with Crippen LogP contribution in [0.5, 0.6) is 0 Å². The van der Waals surface area contributed by atoms with Gasteiger partial charge in [0.05, 0.1) is 6.54 Å². The van der Waals surface area contributed by atoms with E-state index in [1.54, 1.807) is 12.1 Å². The monoisotopic (exact) mass is 210 g/mol. The highest BCUT2D eigenvalue weighted by molar-refractivity contribution is 5.80. The summed E-state index contributed by atoms with van der Waals surface area (Å²) in [4.78, 5) is 11.2. The summed E-state index contributed by atoms with van der Waals surface area (Å²) in [6.07, 6.45) is 0. The van der Waals surface area contributed by atoms with Crippen LogP contribution in [0.15, 0.2) is 24.3 Å². The van der Waals surface area contributed by atoms with Crippen molar-refractivity contribution in [1.82, 2.24) is 5.32 Å². The molecule has 1 aromatic rings. The van der Waals surface area contributed by atoms with Crippen LogP contribution in [0.1, 0.15) is 13.8 Å². The average molecular weight is 210 g/mol. The molecule has 82 valence electrons. The lowest BCUT2D eigenvalue weighted by Crippen LogP contribution is -2.34. The molecule has 0 radical (unpaired) electrons. The van der Waals surface area contributed by atoms with Crippen LogP contribution in [0.4, 0.5) is 10.1 Å². The van der Waals surface area contributed by atoms with Gasteiger partial charge in [-0.15, -0.1) is 0 Å². The quantitative estimate of drug-likeness (QED) is 0.795. The Labute approximate surface area is 88.7 Å². The molecular weight excluding hydrogens is 195 g/mol. The number of anilines is 1. The van der Waals surface area contributed by atoms with Gasteiger partial charge >= 0.3 is 0 Å². The number of amides is 1. The molecule has 0 aromatic heterocycles. The summed E-state index contributed by atoms with van der Waals surface area (Å²) in [5, 5.41) is 5.57. The molecule has 0 aliphatic heterocycles. The summed E-state index contributed by atoms with van der Waals surface area (Å²) in [6, 6.07) is 6.14. The zero-order chi connectivity index (χ0) is 11.3. The van der Waals surface area contributed by atoms with E-state index < -0.39 is 0 Å². The maximum absolute atomic E-state index is 12.8. The minimum atomic E-state index is -0.315. The number of hydrogen-bond acceptors (Lipinski definition) is 2. The van der Waals surface area contributed by atoms with Gasteiger partial charge in [0.2, 0.25) is 5.91 Å². The van der Waals surface area contributed by atoms with Crippen LogP contribution in [0.25, 0.3) is 0 Å². The van der Waals surface area contributed by atoms with E-state index >= 15 is 0 Å². The van der Waals surface area contributed by atoms with Crippen LogP contribution in [-0.2, 0) is 4.79 Å². The minimum absolute atomic E-state index is 0.103. The lowest BCUT2D eigenvalue weighted by atomic mass is 10.3. The van der Waals surface area contributed by atoms with Gasteiger partial charge in [-0.2, -0.15) is 0 Å². The van der Waals surface area contributed by atoms with E-state index in [2.05, 4.69) is 10.6 Å². The fourth-order valence-corrected chi connectivity index (χ4v) is 1.15. The van der Waals surface area contributed by atoms with Crippen molar-refractivity contribution in [3.63, 3.8) is 0 Å². The molecule has 2 N–H and O–H groups in total. The van der Waals surface area contributed by atoms with E-state index in [1.165, 1.54) is 12.1 Å². The number of rotatable bonds is 4. The number of nitrogens with one attached hydrogen (secondary N) is 2. The molecule has 1 amide bonds. The van der Waals surface area contributed by atoms with Crippen molar-refractivity contribution in [3.8, 4) is 0 Å². The van der Waals surface area contributed by atoms with Crippen LogP contribution in [0.3, 0.4) is 0 Å². The zero-order valence-corrected chi connectivity index (χ0v) is 8.88. The second-order valence-electron chi connectivity index (χ2n) is 3.59. The maximum Gasteiger partial charge on any atom is 0.239 e. The summed E-state index contributed by atoms with van der Waals surface area (Å²) in [5.74, 6) is -0.418. The van der Waals surface area contributed by atoms with Gasteiger partial charge in [0.15, 0.2) is 0 Å². The van der Waals surface area contributed by atoms with Crippen molar-refractivity contribution in [3.05, 3.63) is 30.1 Å². The second kappa shape index (κ2) is 5.34. The second-order valence-corrected chi connectivity index (χ2v) is 3.59. The number of hydrogen-bond donors (Lipinski definition) is 2. The molecule has 0 unspecified atom stereocenters. The van der Waals surface area contributed by atoms with Crippen LogP contribution in [-0.4, -0.2) is 18.5 Å². The molecule has 0 aliphatic carbocycles.